The molecule has 40 heavy (non-hydrogen) atoms. The van der Waals surface area contributed by atoms with Crippen LogP contribution in [0.4, 0.5) is 0 Å². The summed E-state index contributed by atoms with van der Waals surface area (Å²) in [4.78, 5) is 23.4. The predicted molar refractivity (Wildman–Crippen MR) is 160 cm³/mol. The first-order valence-corrected chi connectivity index (χ1v) is 13.1. The van der Waals surface area contributed by atoms with Crippen LogP contribution in [-0.4, -0.2) is 24.9 Å². The molecule has 0 fully saturated rings. The van der Waals surface area contributed by atoms with Gasteiger partial charge >= 0.3 is 0 Å². The molecule has 0 radical (unpaired) electrons. The van der Waals surface area contributed by atoms with Crippen molar-refractivity contribution in [3.8, 4) is 56.5 Å². The molecule has 0 bridgehead atoms. The van der Waals surface area contributed by atoms with Gasteiger partial charge in [-0.05, 0) is 46.7 Å². The summed E-state index contributed by atoms with van der Waals surface area (Å²) in [6.45, 7) is 0. The Hall–Kier alpha value is -5.55. The van der Waals surface area contributed by atoms with Crippen LogP contribution in [0.25, 0.3) is 67.3 Å². The molecule has 3 heterocycles. The van der Waals surface area contributed by atoms with Crippen LogP contribution in [0.15, 0.2) is 140 Å². The van der Waals surface area contributed by atoms with Gasteiger partial charge in [-0.3, -0.25) is 9.97 Å². The van der Waals surface area contributed by atoms with Crippen molar-refractivity contribution in [2.24, 2.45) is 0 Å². The van der Waals surface area contributed by atoms with Gasteiger partial charge in [0.25, 0.3) is 0 Å². The Morgan fingerprint density at radius 3 is 1.50 bits per heavy atom. The summed E-state index contributed by atoms with van der Waals surface area (Å²) >= 11 is 0. The lowest BCUT2D eigenvalue weighted by Gasteiger charge is -2.10. The highest BCUT2D eigenvalue weighted by Gasteiger charge is 2.13. The van der Waals surface area contributed by atoms with E-state index in [1.54, 1.807) is 6.20 Å². The average molecular weight is 514 g/mol. The molecule has 0 aliphatic carbocycles. The zero-order valence-electron chi connectivity index (χ0n) is 21.5. The maximum Gasteiger partial charge on any atom is 0.164 e. The number of benzene rings is 4. The van der Waals surface area contributed by atoms with Crippen LogP contribution in [0, 0.1) is 0 Å². The Bertz CT molecular complexity index is 1860. The van der Waals surface area contributed by atoms with Gasteiger partial charge in [0.1, 0.15) is 0 Å². The van der Waals surface area contributed by atoms with Crippen molar-refractivity contribution in [2.75, 3.05) is 0 Å². The SMILES string of the molecule is c1ccc(-c2nc(-c3ccccc3)nc(-c3ccc4cc(-c5ccc(-c6cccnc6)nc5)ccc4c3)n2)cc1. The van der Waals surface area contributed by atoms with Crippen molar-refractivity contribution >= 4 is 10.8 Å². The molecule has 3 aromatic heterocycles. The maximum absolute atomic E-state index is 4.87. The zero-order chi connectivity index (χ0) is 26.7. The van der Waals surface area contributed by atoms with Gasteiger partial charge in [-0.1, -0.05) is 91.0 Å². The van der Waals surface area contributed by atoms with Gasteiger partial charge in [0, 0.05) is 46.4 Å². The van der Waals surface area contributed by atoms with Crippen LogP contribution in [0.1, 0.15) is 0 Å². The summed E-state index contributed by atoms with van der Waals surface area (Å²) in [5.41, 5.74) is 6.95. The smallest absolute Gasteiger partial charge is 0.164 e. The number of hydrogen-bond acceptors (Lipinski definition) is 5. The number of pyridine rings is 2. The minimum Gasteiger partial charge on any atom is -0.264 e. The highest BCUT2D eigenvalue weighted by Crippen LogP contribution is 2.30. The molecule has 188 valence electrons. The molecule has 0 atom stereocenters. The lowest BCUT2D eigenvalue weighted by Crippen LogP contribution is -2.00. The second-order valence-corrected chi connectivity index (χ2v) is 9.49. The van der Waals surface area contributed by atoms with Crippen LogP contribution in [0.3, 0.4) is 0 Å². The third-order valence-electron chi connectivity index (χ3n) is 6.85. The topological polar surface area (TPSA) is 64.5 Å². The van der Waals surface area contributed by atoms with Crippen molar-refractivity contribution in [1.82, 2.24) is 24.9 Å². The lowest BCUT2D eigenvalue weighted by atomic mass is 10.00. The molecule has 0 saturated carbocycles. The van der Waals surface area contributed by atoms with E-state index in [-0.39, 0.29) is 0 Å². The molecule has 7 aromatic rings. The van der Waals surface area contributed by atoms with Crippen molar-refractivity contribution in [3.05, 3.63) is 140 Å². The molecule has 0 spiro atoms. The van der Waals surface area contributed by atoms with Gasteiger partial charge in [-0.25, -0.2) is 15.0 Å². The second kappa shape index (κ2) is 10.3. The van der Waals surface area contributed by atoms with Gasteiger partial charge in [-0.15, -0.1) is 0 Å². The zero-order valence-corrected chi connectivity index (χ0v) is 21.5. The van der Waals surface area contributed by atoms with Gasteiger partial charge in [0.15, 0.2) is 17.5 Å². The number of hydrogen-bond donors (Lipinski definition) is 0. The molecule has 0 aliphatic rings. The fraction of sp³-hybridized carbons (Fsp3) is 0. The average Bonchev–Trinajstić information content (AvgIpc) is 3.05. The summed E-state index contributed by atoms with van der Waals surface area (Å²) in [6, 6.07) is 40.9. The molecule has 0 aliphatic heterocycles. The quantitative estimate of drug-likeness (QED) is 0.232. The monoisotopic (exact) mass is 513 g/mol. The summed E-state index contributed by atoms with van der Waals surface area (Å²) in [5, 5.41) is 2.25. The van der Waals surface area contributed by atoms with Crippen molar-refractivity contribution in [3.63, 3.8) is 0 Å². The van der Waals surface area contributed by atoms with E-state index < -0.39 is 0 Å². The Labute approximate surface area is 231 Å². The van der Waals surface area contributed by atoms with E-state index in [2.05, 4.69) is 52.4 Å². The van der Waals surface area contributed by atoms with Crippen LogP contribution >= 0.6 is 0 Å². The molecule has 5 heteroatoms. The molecule has 0 unspecified atom stereocenters. The summed E-state index contributed by atoms with van der Waals surface area (Å²) in [7, 11) is 0. The molecule has 0 saturated heterocycles. The minimum absolute atomic E-state index is 0.647. The van der Waals surface area contributed by atoms with Crippen LogP contribution in [0.2, 0.25) is 0 Å². The van der Waals surface area contributed by atoms with Crippen molar-refractivity contribution in [2.45, 2.75) is 0 Å². The molecule has 0 N–H and O–H groups in total. The third kappa shape index (κ3) is 4.72. The van der Waals surface area contributed by atoms with Gasteiger partial charge in [-0.2, -0.15) is 0 Å². The van der Waals surface area contributed by atoms with Gasteiger partial charge in [0.2, 0.25) is 0 Å². The van der Waals surface area contributed by atoms with E-state index in [1.807, 2.05) is 91.3 Å². The first-order chi connectivity index (χ1) is 19.8. The normalized spacial score (nSPS) is 11.0. The van der Waals surface area contributed by atoms with Crippen LogP contribution in [0.5, 0.6) is 0 Å². The van der Waals surface area contributed by atoms with E-state index in [0.717, 1.165) is 49.8 Å². The molecular formula is C35H23N5. The molecule has 7 rings (SSSR count). The lowest BCUT2D eigenvalue weighted by molar-refractivity contribution is 1.07. The first kappa shape index (κ1) is 23.6. The number of nitrogens with zero attached hydrogens (tertiary/aromatic N) is 5. The van der Waals surface area contributed by atoms with E-state index in [1.165, 1.54) is 0 Å². The van der Waals surface area contributed by atoms with Gasteiger partial charge in [0.05, 0.1) is 5.69 Å². The van der Waals surface area contributed by atoms with Crippen molar-refractivity contribution in [1.29, 1.82) is 0 Å². The van der Waals surface area contributed by atoms with E-state index in [9.17, 15) is 0 Å². The van der Waals surface area contributed by atoms with Gasteiger partial charge < -0.3 is 0 Å². The fourth-order valence-corrected chi connectivity index (χ4v) is 4.75. The Balaban J connectivity index is 1.25. The number of aromatic nitrogens is 5. The van der Waals surface area contributed by atoms with E-state index >= 15 is 0 Å². The highest BCUT2D eigenvalue weighted by molar-refractivity contribution is 5.90. The third-order valence-corrected chi connectivity index (χ3v) is 6.85. The molecule has 4 aromatic carbocycles. The maximum atomic E-state index is 4.87. The predicted octanol–water partition coefficient (Wildman–Crippen LogP) is 8.15. The Morgan fingerprint density at radius 2 is 0.925 bits per heavy atom. The Kier molecular flexibility index (Phi) is 6.07. The fourth-order valence-electron chi connectivity index (χ4n) is 4.75. The summed E-state index contributed by atoms with van der Waals surface area (Å²) < 4.78 is 0. The van der Waals surface area contributed by atoms with Crippen LogP contribution < -0.4 is 0 Å². The molecule has 5 nitrogen and oxygen atoms in total. The first-order valence-electron chi connectivity index (χ1n) is 13.1. The largest absolute Gasteiger partial charge is 0.264 e. The number of rotatable bonds is 5. The van der Waals surface area contributed by atoms with Crippen molar-refractivity contribution < 1.29 is 0 Å². The summed E-state index contributed by atoms with van der Waals surface area (Å²) in [5.74, 6) is 1.96. The highest BCUT2D eigenvalue weighted by atomic mass is 15.0. The number of fused-ring (bicyclic) bond motifs is 1. The second-order valence-electron chi connectivity index (χ2n) is 9.49. The molecular weight excluding hydrogens is 490 g/mol. The minimum atomic E-state index is 0.647. The van der Waals surface area contributed by atoms with Crippen LogP contribution in [-0.2, 0) is 0 Å². The standard InChI is InChI=1S/C35H23N5/c1-3-8-24(9-4-1)33-38-34(25-10-5-2-6-11-25)40-35(39-33)29-16-15-26-20-28(14-13-27(26)21-29)30-17-18-32(37-23-30)31-12-7-19-36-22-31/h1-23H. The molecule has 0 amide bonds. The Morgan fingerprint density at radius 1 is 0.375 bits per heavy atom. The summed E-state index contributed by atoms with van der Waals surface area (Å²) in [6.07, 6.45) is 5.51. The van der Waals surface area contributed by atoms with E-state index in [0.29, 0.717) is 17.5 Å². The van der Waals surface area contributed by atoms with E-state index in [4.69, 9.17) is 15.0 Å².